The maximum absolute atomic E-state index is 13.4. The van der Waals surface area contributed by atoms with Crippen LogP contribution in [0.15, 0.2) is 0 Å². The summed E-state index contributed by atoms with van der Waals surface area (Å²) in [4.78, 5) is 4.47. The third kappa shape index (κ3) is 3.38. The monoisotopic (exact) mass is 246 g/mol. The predicted octanol–water partition coefficient (Wildman–Crippen LogP) is 2.59. The first kappa shape index (κ1) is 13.2. The predicted molar refractivity (Wildman–Crippen MR) is 65.5 cm³/mol. The fourth-order valence-corrected chi connectivity index (χ4v) is 3.08. The molecular formula is C13H24F2N2. The average Bonchev–Trinajstić information content (AvgIpc) is 2.28. The minimum atomic E-state index is -2.45. The molecule has 0 aromatic heterocycles. The SMILES string of the molecule is CC(C)N1CCC(N2CCCC(F)(F)C2)CC1. The number of hydrogen-bond acceptors (Lipinski definition) is 2. The van der Waals surface area contributed by atoms with Crippen molar-refractivity contribution in [3.8, 4) is 0 Å². The lowest BCUT2D eigenvalue weighted by Crippen LogP contribution is -2.52. The molecule has 0 N–H and O–H groups in total. The fourth-order valence-electron chi connectivity index (χ4n) is 3.08. The van der Waals surface area contributed by atoms with Crippen LogP contribution >= 0.6 is 0 Å². The van der Waals surface area contributed by atoms with Gasteiger partial charge >= 0.3 is 0 Å². The van der Waals surface area contributed by atoms with Gasteiger partial charge in [0.1, 0.15) is 0 Å². The van der Waals surface area contributed by atoms with Crippen LogP contribution < -0.4 is 0 Å². The fraction of sp³-hybridized carbons (Fsp3) is 1.00. The maximum atomic E-state index is 13.4. The van der Waals surface area contributed by atoms with Crippen LogP contribution in [0.4, 0.5) is 8.78 Å². The molecule has 2 fully saturated rings. The summed E-state index contributed by atoms with van der Waals surface area (Å²) in [6, 6.07) is 0.968. The van der Waals surface area contributed by atoms with E-state index in [4.69, 9.17) is 0 Å². The van der Waals surface area contributed by atoms with Crippen molar-refractivity contribution in [1.82, 2.24) is 9.80 Å². The van der Waals surface area contributed by atoms with E-state index in [0.29, 0.717) is 18.5 Å². The molecule has 2 saturated heterocycles. The van der Waals surface area contributed by atoms with Crippen LogP contribution in [0.3, 0.4) is 0 Å². The second-order valence-corrected chi connectivity index (χ2v) is 5.79. The average molecular weight is 246 g/mol. The Balaban J connectivity index is 1.84. The van der Waals surface area contributed by atoms with Gasteiger partial charge in [0.15, 0.2) is 0 Å². The Hall–Kier alpha value is -0.220. The Morgan fingerprint density at radius 2 is 1.76 bits per heavy atom. The van der Waals surface area contributed by atoms with Crippen LogP contribution in [0, 0.1) is 0 Å². The first-order chi connectivity index (χ1) is 7.98. The van der Waals surface area contributed by atoms with E-state index in [1.807, 2.05) is 4.90 Å². The standard InChI is InChI=1S/C13H24F2N2/c1-11(2)16-8-4-12(5-9-16)17-7-3-6-13(14,15)10-17/h11-12H,3-10H2,1-2H3. The summed E-state index contributed by atoms with van der Waals surface area (Å²) < 4.78 is 26.7. The van der Waals surface area contributed by atoms with E-state index >= 15 is 0 Å². The molecule has 0 saturated carbocycles. The van der Waals surface area contributed by atoms with Crippen molar-refractivity contribution in [2.45, 2.75) is 57.5 Å². The Morgan fingerprint density at radius 3 is 2.29 bits per heavy atom. The zero-order chi connectivity index (χ0) is 12.5. The van der Waals surface area contributed by atoms with Crippen molar-refractivity contribution < 1.29 is 8.78 Å². The topological polar surface area (TPSA) is 6.48 Å². The molecule has 100 valence electrons. The van der Waals surface area contributed by atoms with E-state index in [9.17, 15) is 8.78 Å². The zero-order valence-corrected chi connectivity index (χ0v) is 11.0. The van der Waals surface area contributed by atoms with E-state index in [0.717, 1.165) is 32.5 Å². The first-order valence-corrected chi connectivity index (χ1v) is 6.84. The van der Waals surface area contributed by atoms with Gasteiger partial charge in [0, 0.05) is 18.5 Å². The molecule has 0 bridgehead atoms. The largest absolute Gasteiger partial charge is 0.301 e. The number of nitrogens with zero attached hydrogens (tertiary/aromatic N) is 2. The third-order valence-corrected chi connectivity index (χ3v) is 4.17. The van der Waals surface area contributed by atoms with Gasteiger partial charge in [-0.15, -0.1) is 0 Å². The quantitative estimate of drug-likeness (QED) is 0.739. The van der Waals surface area contributed by atoms with Crippen LogP contribution in [0.1, 0.15) is 39.5 Å². The maximum Gasteiger partial charge on any atom is 0.260 e. The molecule has 0 amide bonds. The van der Waals surface area contributed by atoms with Crippen LogP contribution in [0.5, 0.6) is 0 Å². The number of likely N-dealkylation sites (tertiary alicyclic amines) is 2. The van der Waals surface area contributed by atoms with Crippen molar-refractivity contribution in [2.24, 2.45) is 0 Å². The summed E-state index contributed by atoms with van der Waals surface area (Å²) >= 11 is 0. The summed E-state index contributed by atoms with van der Waals surface area (Å²) in [6.45, 7) is 7.38. The number of piperidine rings is 2. The van der Waals surface area contributed by atoms with Crippen molar-refractivity contribution >= 4 is 0 Å². The highest BCUT2D eigenvalue weighted by Crippen LogP contribution is 2.30. The molecule has 0 atom stereocenters. The van der Waals surface area contributed by atoms with Gasteiger partial charge in [-0.05, 0) is 52.7 Å². The summed E-state index contributed by atoms with van der Waals surface area (Å²) in [5.74, 6) is -2.45. The smallest absolute Gasteiger partial charge is 0.260 e. The summed E-state index contributed by atoms with van der Waals surface area (Å²) in [6.07, 6.45) is 2.83. The van der Waals surface area contributed by atoms with Crippen LogP contribution in [0.25, 0.3) is 0 Å². The molecular weight excluding hydrogens is 222 g/mol. The van der Waals surface area contributed by atoms with Gasteiger partial charge in [0.2, 0.25) is 0 Å². The van der Waals surface area contributed by atoms with Gasteiger partial charge in [-0.2, -0.15) is 0 Å². The molecule has 0 radical (unpaired) electrons. The highest BCUT2D eigenvalue weighted by molar-refractivity contribution is 4.87. The van der Waals surface area contributed by atoms with Gasteiger partial charge in [-0.25, -0.2) is 8.78 Å². The zero-order valence-electron chi connectivity index (χ0n) is 11.0. The second kappa shape index (κ2) is 5.19. The highest BCUT2D eigenvalue weighted by atomic mass is 19.3. The molecule has 0 aromatic rings. The molecule has 2 aliphatic rings. The molecule has 2 nitrogen and oxygen atoms in total. The molecule has 0 spiro atoms. The summed E-state index contributed by atoms with van der Waals surface area (Å²) in [5.41, 5.74) is 0. The van der Waals surface area contributed by atoms with Gasteiger partial charge in [0.25, 0.3) is 5.92 Å². The highest BCUT2D eigenvalue weighted by Gasteiger charge is 2.38. The van der Waals surface area contributed by atoms with Crippen molar-refractivity contribution in [3.05, 3.63) is 0 Å². The van der Waals surface area contributed by atoms with Crippen LogP contribution in [0.2, 0.25) is 0 Å². The Morgan fingerprint density at radius 1 is 1.12 bits per heavy atom. The molecule has 17 heavy (non-hydrogen) atoms. The molecule has 0 unspecified atom stereocenters. The van der Waals surface area contributed by atoms with Crippen molar-refractivity contribution in [3.63, 3.8) is 0 Å². The number of hydrogen-bond donors (Lipinski definition) is 0. The van der Waals surface area contributed by atoms with E-state index in [2.05, 4.69) is 18.7 Å². The Labute approximate surface area is 103 Å². The lowest BCUT2D eigenvalue weighted by molar-refractivity contribution is -0.0813. The van der Waals surface area contributed by atoms with Gasteiger partial charge in [0.05, 0.1) is 6.54 Å². The van der Waals surface area contributed by atoms with Crippen molar-refractivity contribution in [1.29, 1.82) is 0 Å². The van der Waals surface area contributed by atoms with E-state index < -0.39 is 5.92 Å². The minimum absolute atomic E-state index is 0.0145. The summed E-state index contributed by atoms with van der Waals surface area (Å²) in [5, 5.41) is 0. The molecule has 2 heterocycles. The third-order valence-electron chi connectivity index (χ3n) is 4.17. The molecule has 2 rings (SSSR count). The molecule has 0 aliphatic carbocycles. The van der Waals surface area contributed by atoms with E-state index in [1.165, 1.54) is 0 Å². The van der Waals surface area contributed by atoms with Gasteiger partial charge in [-0.3, -0.25) is 4.90 Å². The normalized spacial score (nSPS) is 28.8. The van der Waals surface area contributed by atoms with Crippen LogP contribution in [-0.4, -0.2) is 54.0 Å². The number of halogens is 2. The molecule has 4 heteroatoms. The van der Waals surface area contributed by atoms with Gasteiger partial charge in [-0.1, -0.05) is 0 Å². The van der Waals surface area contributed by atoms with E-state index in [1.54, 1.807) is 0 Å². The number of rotatable bonds is 2. The number of alkyl halides is 2. The van der Waals surface area contributed by atoms with E-state index in [-0.39, 0.29) is 13.0 Å². The Bertz CT molecular complexity index is 248. The lowest BCUT2D eigenvalue weighted by Gasteiger charge is -2.43. The van der Waals surface area contributed by atoms with Crippen molar-refractivity contribution in [2.75, 3.05) is 26.2 Å². The molecule has 2 aliphatic heterocycles. The van der Waals surface area contributed by atoms with Crippen LogP contribution in [-0.2, 0) is 0 Å². The molecule has 0 aromatic carbocycles. The minimum Gasteiger partial charge on any atom is -0.301 e. The summed E-state index contributed by atoms with van der Waals surface area (Å²) in [7, 11) is 0. The lowest BCUT2D eigenvalue weighted by atomic mass is 9.98. The Kier molecular flexibility index (Phi) is 4.03. The van der Waals surface area contributed by atoms with Gasteiger partial charge < -0.3 is 4.90 Å². The first-order valence-electron chi connectivity index (χ1n) is 6.84. The second-order valence-electron chi connectivity index (χ2n) is 5.79.